The SMILES string of the molecule is C=O.[SiH4].c1ccccc1. The molecule has 0 bridgehead atoms. The van der Waals surface area contributed by atoms with E-state index < -0.39 is 0 Å². The Morgan fingerprint density at radius 3 is 0.889 bits per heavy atom. The highest BCUT2D eigenvalue weighted by molar-refractivity contribution is 5.75. The van der Waals surface area contributed by atoms with Crippen molar-refractivity contribution in [3.63, 3.8) is 0 Å². The Bertz CT molecular complexity index is 91.8. The monoisotopic (exact) mass is 140 g/mol. The van der Waals surface area contributed by atoms with Crippen LogP contribution >= 0.6 is 0 Å². The molecule has 0 N–H and O–H groups in total. The second kappa shape index (κ2) is 10.2. The van der Waals surface area contributed by atoms with Gasteiger partial charge in [-0.1, -0.05) is 36.4 Å². The van der Waals surface area contributed by atoms with E-state index in [1.165, 1.54) is 0 Å². The second-order valence-electron chi connectivity index (χ2n) is 1.15. The van der Waals surface area contributed by atoms with Gasteiger partial charge < -0.3 is 4.79 Å². The van der Waals surface area contributed by atoms with Crippen LogP contribution in [0.5, 0.6) is 0 Å². The van der Waals surface area contributed by atoms with Crippen LogP contribution in [0.25, 0.3) is 0 Å². The number of hydrogen-bond donors (Lipinski definition) is 0. The van der Waals surface area contributed by atoms with Gasteiger partial charge in [0.15, 0.2) is 0 Å². The van der Waals surface area contributed by atoms with E-state index in [4.69, 9.17) is 4.79 Å². The quantitative estimate of drug-likeness (QED) is 0.465. The molecule has 0 aliphatic carbocycles. The molecule has 0 amide bonds. The van der Waals surface area contributed by atoms with Gasteiger partial charge in [0.05, 0.1) is 0 Å². The van der Waals surface area contributed by atoms with Crippen molar-refractivity contribution in [2.24, 2.45) is 0 Å². The van der Waals surface area contributed by atoms with Crippen molar-refractivity contribution in [1.82, 2.24) is 0 Å². The topological polar surface area (TPSA) is 17.1 Å². The Kier molecular flexibility index (Phi) is 12.4. The molecule has 9 heavy (non-hydrogen) atoms. The summed E-state index contributed by atoms with van der Waals surface area (Å²) in [5, 5.41) is 0. The van der Waals surface area contributed by atoms with Gasteiger partial charge in [0.1, 0.15) is 6.79 Å². The Morgan fingerprint density at radius 1 is 0.667 bits per heavy atom. The molecule has 0 aliphatic heterocycles. The molecule has 0 fully saturated rings. The van der Waals surface area contributed by atoms with Gasteiger partial charge in [-0.05, 0) is 11.0 Å². The zero-order valence-corrected chi connectivity index (χ0v) is 4.58. The van der Waals surface area contributed by atoms with Crippen LogP contribution in [0.15, 0.2) is 36.4 Å². The third kappa shape index (κ3) is 7.11. The molecule has 0 aromatic heterocycles. The van der Waals surface area contributed by atoms with Crippen LogP contribution in [0.3, 0.4) is 0 Å². The molecular formula is C7H12OSi. The minimum Gasteiger partial charge on any atom is -0.307 e. The summed E-state index contributed by atoms with van der Waals surface area (Å²) in [7, 11) is 0. The normalized spacial score (nSPS) is 5.78. The smallest absolute Gasteiger partial charge is 0.106 e. The number of carbonyl (C=O) groups is 1. The molecule has 1 aromatic rings. The molecule has 0 atom stereocenters. The molecule has 0 saturated carbocycles. The highest BCUT2D eigenvalue weighted by Gasteiger charge is 1.57. The fraction of sp³-hybridized carbons (Fsp3) is 0. The molecule has 1 aromatic carbocycles. The van der Waals surface area contributed by atoms with Gasteiger partial charge in [-0.3, -0.25) is 0 Å². The van der Waals surface area contributed by atoms with Gasteiger partial charge in [0, 0.05) is 0 Å². The van der Waals surface area contributed by atoms with E-state index in [2.05, 4.69) is 0 Å². The highest BCUT2D eigenvalue weighted by Crippen LogP contribution is 1.79. The van der Waals surface area contributed by atoms with Crippen LogP contribution in [-0.2, 0) is 4.79 Å². The third-order valence-electron chi connectivity index (χ3n) is 0.667. The molecule has 1 rings (SSSR count). The molecule has 0 heterocycles. The van der Waals surface area contributed by atoms with E-state index in [-0.39, 0.29) is 11.0 Å². The maximum atomic E-state index is 8.00. The first-order chi connectivity index (χ1) is 4.00. The minimum atomic E-state index is 0. The molecule has 2 heteroatoms. The Hall–Kier alpha value is -0.893. The van der Waals surface area contributed by atoms with Crippen molar-refractivity contribution in [2.45, 2.75) is 0 Å². The van der Waals surface area contributed by atoms with Gasteiger partial charge in [-0.15, -0.1) is 0 Å². The second-order valence-corrected chi connectivity index (χ2v) is 1.15. The van der Waals surface area contributed by atoms with Crippen molar-refractivity contribution in [1.29, 1.82) is 0 Å². The van der Waals surface area contributed by atoms with Crippen molar-refractivity contribution < 1.29 is 4.79 Å². The van der Waals surface area contributed by atoms with E-state index in [1.807, 2.05) is 43.2 Å². The lowest BCUT2D eigenvalue weighted by Crippen LogP contribution is -1.47. The summed E-state index contributed by atoms with van der Waals surface area (Å²) in [6.07, 6.45) is 0. The molecule has 0 saturated heterocycles. The Labute approximate surface area is 59.7 Å². The number of benzene rings is 1. The van der Waals surface area contributed by atoms with E-state index in [9.17, 15) is 0 Å². The van der Waals surface area contributed by atoms with Crippen molar-refractivity contribution >= 4 is 17.8 Å². The summed E-state index contributed by atoms with van der Waals surface area (Å²) >= 11 is 0. The van der Waals surface area contributed by atoms with Crippen LogP contribution in [-0.4, -0.2) is 17.8 Å². The van der Waals surface area contributed by atoms with Crippen molar-refractivity contribution in [3.8, 4) is 0 Å². The lowest BCUT2D eigenvalue weighted by molar-refractivity contribution is -0.0979. The maximum Gasteiger partial charge on any atom is 0.106 e. The first kappa shape index (κ1) is 11.0. The van der Waals surface area contributed by atoms with Gasteiger partial charge in [-0.25, -0.2) is 0 Å². The predicted octanol–water partition coefficient (Wildman–Crippen LogP) is 0.0501. The zero-order valence-electron chi connectivity index (χ0n) is 4.58. The van der Waals surface area contributed by atoms with Crippen LogP contribution in [0.4, 0.5) is 0 Å². The van der Waals surface area contributed by atoms with E-state index >= 15 is 0 Å². The summed E-state index contributed by atoms with van der Waals surface area (Å²) in [4.78, 5) is 8.00. The molecule has 0 spiro atoms. The lowest BCUT2D eigenvalue weighted by atomic mass is 10.4. The third-order valence-corrected chi connectivity index (χ3v) is 0.667. The first-order valence-electron chi connectivity index (χ1n) is 2.29. The summed E-state index contributed by atoms with van der Waals surface area (Å²) in [6.45, 7) is 2.00. The average molecular weight is 140 g/mol. The van der Waals surface area contributed by atoms with Crippen LogP contribution in [0, 0.1) is 0 Å². The maximum absolute atomic E-state index is 8.00. The summed E-state index contributed by atoms with van der Waals surface area (Å²) in [5.74, 6) is 0. The molecular weight excluding hydrogens is 128 g/mol. The van der Waals surface area contributed by atoms with E-state index in [0.29, 0.717) is 0 Å². The first-order valence-corrected chi connectivity index (χ1v) is 2.29. The summed E-state index contributed by atoms with van der Waals surface area (Å²) < 4.78 is 0. The molecule has 0 unspecified atom stereocenters. The standard InChI is InChI=1S/C6H6.CH2O.H4Si/c1-2-4-6-5-3-1;1-2;/h1-6H;1H2;1H4. The van der Waals surface area contributed by atoms with Gasteiger partial charge in [0.2, 0.25) is 0 Å². The number of hydrogen-bond acceptors (Lipinski definition) is 1. The fourth-order valence-corrected chi connectivity index (χ4v) is 0.385. The molecule has 0 aliphatic rings. The molecule has 0 radical (unpaired) electrons. The van der Waals surface area contributed by atoms with Gasteiger partial charge >= 0.3 is 0 Å². The van der Waals surface area contributed by atoms with Crippen LogP contribution < -0.4 is 0 Å². The largest absolute Gasteiger partial charge is 0.307 e. The summed E-state index contributed by atoms with van der Waals surface area (Å²) in [6, 6.07) is 12.0. The Balaban J connectivity index is 0. The summed E-state index contributed by atoms with van der Waals surface area (Å²) in [5.41, 5.74) is 0. The van der Waals surface area contributed by atoms with Gasteiger partial charge in [-0.2, -0.15) is 0 Å². The van der Waals surface area contributed by atoms with Crippen molar-refractivity contribution in [2.75, 3.05) is 0 Å². The van der Waals surface area contributed by atoms with E-state index in [0.717, 1.165) is 0 Å². The predicted molar refractivity (Wildman–Crippen MR) is 44.9 cm³/mol. The number of carbonyl (C=O) groups excluding carboxylic acids is 1. The number of rotatable bonds is 0. The van der Waals surface area contributed by atoms with Crippen molar-refractivity contribution in [3.05, 3.63) is 36.4 Å². The molecule has 1 nitrogen and oxygen atoms in total. The minimum absolute atomic E-state index is 0. The molecule has 50 valence electrons. The van der Waals surface area contributed by atoms with Crippen LogP contribution in [0.1, 0.15) is 0 Å². The van der Waals surface area contributed by atoms with Crippen LogP contribution in [0.2, 0.25) is 0 Å². The fourth-order valence-electron chi connectivity index (χ4n) is 0.385. The van der Waals surface area contributed by atoms with E-state index in [1.54, 1.807) is 0 Å². The Morgan fingerprint density at radius 2 is 0.778 bits per heavy atom. The lowest BCUT2D eigenvalue weighted by Gasteiger charge is -1.69. The average Bonchev–Trinajstić information content (AvgIpc) is 1.96. The zero-order chi connectivity index (χ0) is 6.24. The highest BCUT2D eigenvalue weighted by atomic mass is 28.1. The van der Waals surface area contributed by atoms with Gasteiger partial charge in [0.25, 0.3) is 0 Å².